The molecule has 2 amide bonds. The molecule has 9 heteroatoms. The highest BCUT2D eigenvalue weighted by Crippen LogP contribution is 2.34. The number of hydrogen-bond acceptors (Lipinski definition) is 6. The molecule has 0 spiro atoms. The van der Waals surface area contributed by atoms with Crippen molar-refractivity contribution in [3.8, 4) is 10.4 Å². The molecule has 1 aliphatic carbocycles. The number of amides is 2. The molecule has 2 aromatic heterocycles. The summed E-state index contributed by atoms with van der Waals surface area (Å²) in [6.45, 7) is 1.18. The first-order valence-electron chi connectivity index (χ1n) is 11.1. The number of halogens is 1. The predicted octanol–water partition coefficient (Wildman–Crippen LogP) is 4.56. The van der Waals surface area contributed by atoms with E-state index in [2.05, 4.69) is 10.3 Å². The molecule has 34 heavy (non-hydrogen) atoms. The number of nitrogens with two attached hydrogens (primary N) is 1. The van der Waals surface area contributed by atoms with Gasteiger partial charge >= 0.3 is 0 Å². The maximum absolute atomic E-state index is 13.8. The Bertz CT molecular complexity index is 1360. The quantitative estimate of drug-likeness (QED) is 0.387. The van der Waals surface area contributed by atoms with Crippen LogP contribution in [0.15, 0.2) is 59.2 Å². The molecule has 1 fully saturated rings. The van der Waals surface area contributed by atoms with Gasteiger partial charge in [0.15, 0.2) is 5.13 Å². The van der Waals surface area contributed by atoms with Gasteiger partial charge in [0, 0.05) is 25.0 Å². The number of aromatic nitrogens is 1. The third-order valence-electron chi connectivity index (χ3n) is 5.80. The van der Waals surface area contributed by atoms with Gasteiger partial charge in [0.25, 0.3) is 11.8 Å². The first-order chi connectivity index (χ1) is 16.5. The maximum Gasteiger partial charge on any atom is 0.274 e. The second-order valence-corrected chi connectivity index (χ2v) is 9.36. The van der Waals surface area contributed by atoms with E-state index in [1.165, 1.54) is 12.1 Å². The van der Waals surface area contributed by atoms with Crippen LogP contribution in [0.3, 0.4) is 0 Å². The minimum atomic E-state index is -0.395. The van der Waals surface area contributed by atoms with Crippen LogP contribution in [0.25, 0.3) is 21.4 Å². The number of carbonyl (C=O) groups excluding carboxylic acids is 2. The van der Waals surface area contributed by atoms with E-state index in [-0.39, 0.29) is 29.2 Å². The van der Waals surface area contributed by atoms with Crippen molar-refractivity contribution >= 4 is 39.3 Å². The SMILES string of the molecule is Nc1nc(C(=O)N(CCNC(=O)c2cccc3occc23)CC2CC2)c(-c2cccc(F)c2)s1. The van der Waals surface area contributed by atoms with E-state index in [9.17, 15) is 14.0 Å². The molecule has 2 heterocycles. The predicted molar refractivity (Wildman–Crippen MR) is 129 cm³/mol. The lowest BCUT2D eigenvalue weighted by Crippen LogP contribution is -2.40. The standard InChI is InChI=1S/C25H23FN4O3S/c26-17-4-1-3-16(13-17)22-21(29-25(27)34-22)24(32)30(14-15-7-8-15)11-10-28-23(31)19-5-2-6-20-18(19)9-12-33-20/h1-6,9,12-13,15H,7-8,10-11,14H2,(H2,27,29)(H,28,31). The van der Waals surface area contributed by atoms with Crippen LogP contribution in [0, 0.1) is 11.7 Å². The average molecular weight is 479 g/mol. The fourth-order valence-corrected chi connectivity index (χ4v) is 4.76. The smallest absolute Gasteiger partial charge is 0.274 e. The highest BCUT2D eigenvalue weighted by Gasteiger charge is 2.30. The lowest BCUT2D eigenvalue weighted by Gasteiger charge is -2.22. The van der Waals surface area contributed by atoms with Crippen molar-refractivity contribution in [2.75, 3.05) is 25.4 Å². The summed E-state index contributed by atoms with van der Waals surface area (Å²) in [5.41, 5.74) is 7.86. The van der Waals surface area contributed by atoms with Crippen LogP contribution in [-0.2, 0) is 0 Å². The Morgan fingerprint density at radius 3 is 2.82 bits per heavy atom. The van der Waals surface area contributed by atoms with E-state index in [0.717, 1.165) is 29.6 Å². The van der Waals surface area contributed by atoms with Crippen molar-refractivity contribution in [3.63, 3.8) is 0 Å². The van der Waals surface area contributed by atoms with Crippen molar-refractivity contribution in [1.29, 1.82) is 0 Å². The molecule has 0 bridgehead atoms. The molecule has 7 nitrogen and oxygen atoms in total. The summed E-state index contributed by atoms with van der Waals surface area (Å²) in [5.74, 6) is -0.463. The number of anilines is 1. The summed E-state index contributed by atoms with van der Waals surface area (Å²) in [6, 6.07) is 13.1. The molecule has 2 aromatic carbocycles. The molecule has 174 valence electrons. The Morgan fingerprint density at radius 2 is 2.03 bits per heavy atom. The highest BCUT2D eigenvalue weighted by atomic mass is 32.1. The van der Waals surface area contributed by atoms with Crippen LogP contribution in [0.4, 0.5) is 9.52 Å². The Morgan fingerprint density at radius 1 is 1.21 bits per heavy atom. The van der Waals surface area contributed by atoms with Gasteiger partial charge in [0.05, 0.1) is 16.7 Å². The van der Waals surface area contributed by atoms with Crippen molar-refractivity contribution < 1.29 is 18.4 Å². The number of thiazole rings is 1. The molecule has 0 radical (unpaired) electrons. The van der Waals surface area contributed by atoms with E-state index in [0.29, 0.717) is 40.6 Å². The summed E-state index contributed by atoms with van der Waals surface area (Å²) in [5, 5.41) is 3.89. The molecule has 0 aliphatic heterocycles. The van der Waals surface area contributed by atoms with Gasteiger partial charge < -0.3 is 20.4 Å². The van der Waals surface area contributed by atoms with E-state index < -0.39 is 5.82 Å². The fraction of sp³-hybridized carbons (Fsp3) is 0.240. The lowest BCUT2D eigenvalue weighted by atomic mass is 10.1. The van der Waals surface area contributed by atoms with E-state index in [4.69, 9.17) is 10.2 Å². The molecule has 3 N–H and O–H groups in total. The van der Waals surface area contributed by atoms with E-state index >= 15 is 0 Å². The van der Waals surface area contributed by atoms with Gasteiger partial charge in [-0.25, -0.2) is 9.37 Å². The minimum Gasteiger partial charge on any atom is -0.464 e. The third kappa shape index (κ3) is 4.65. The number of nitrogens with zero attached hydrogens (tertiary/aromatic N) is 2. The number of furan rings is 1. The number of carbonyl (C=O) groups is 2. The normalized spacial score (nSPS) is 13.2. The lowest BCUT2D eigenvalue weighted by molar-refractivity contribution is 0.0737. The summed E-state index contributed by atoms with van der Waals surface area (Å²) < 4.78 is 19.2. The molecule has 1 saturated carbocycles. The summed E-state index contributed by atoms with van der Waals surface area (Å²) in [7, 11) is 0. The van der Waals surface area contributed by atoms with Crippen LogP contribution in [0.5, 0.6) is 0 Å². The van der Waals surface area contributed by atoms with Gasteiger partial charge in [-0.3, -0.25) is 9.59 Å². The Balaban J connectivity index is 1.32. The molecule has 4 aromatic rings. The Labute approximate surface area is 199 Å². The largest absolute Gasteiger partial charge is 0.464 e. The minimum absolute atomic E-state index is 0.211. The Hall–Kier alpha value is -3.72. The summed E-state index contributed by atoms with van der Waals surface area (Å²) >= 11 is 1.16. The van der Waals surface area contributed by atoms with Gasteiger partial charge in [-0.1, -0.05) is 29.5 Å². The average Bonchev–Trinajstić information content (AvgIpc) is 3.36. The van der Waals surface area contributed by atoms with Crippen molar-refractivity contribution in [2.45, 2.75) is 12.8 Å². The third-order valence-corrected chi connectivity index (χ3v) is 6.74. The zero-order valence-corrected chi connectivity index (χ0v) is 19.1. The van der Waals surface area contributed by atoms with Gasteiger partial charge in [0.1, 0.15) is 17.1 Å². The molecule has 1 aliphatic rings. The van der Waals surface area contributed by atoms with Crippen LogP contribution < -0.4 is 11.1 Å². The summed E-state index contributed by atoms with van der Waals surface area (Å²) in [4.78, 5) is 32.8. The van der Waals surface area contributed by atoms with Crippen molar-refractivity contribution in [3.05, 3.63) is 71.9 Å². The van der Waals surface area contributed by atoms with Crippen LogP contribution in [-0.4, -0.2) is 41.3 Å². The highest BCUT2D eigenvalue weighted by molar-refractivity contribution is 7.19. The number of nitrogen functional groups attached to an aromatic ring is 1. The van der Waals surface area contributed by atoms with Crippen molar-refractivity contribution in [1.82, 2.24) is 15.2 Å². The molecule has 0 unspecified atom stereocenters. The first kappa shape index (κ1) is 22.1. The number of fused-ring (bicyclic) bond motifs is 1. The summed E-state index contributed by atoms with van der Waals surface area (Å²) in [6.07, 6.45) is 3.68. The monoisotopic (exact) mass is 478 g/mol. The van der Waals surface area contributed by atoms with E-state index in [1.807, 2.05) is 0 Å². The second kappa shape index (κ2) is 9.26. The number of hydrogen-bond donors (Lipinski definition) is 2. The fourth-order valence-electron chi connectivity index (χ4n) is 3.94. The first-order valence-corrected chi connectivity index (χ1v) is 11.9. The second-order valence-electron chi connectivity index (χ2n) is 8.33. The van der Waals surface area contributed by atoms with Crippen LogP contribution >= 0.6 is 11.3 Å². The molecule has 0 saturated heterocycles. The topological polar surface area (TPSA) is 101 Å². The number of nitrogens with one attached hydrogen (secondary N) is 1. The van der Waals surface area contributed by atoms with Gasteiger partial charge in [-0.15, -0.1) is 0 Å². The number of rotatable bonds is 8. The molecule has 5 rings (SSSR count). The number of benzene rings is 2. The zero-order chi connectivity index (χ0) is 23.7. The van der Waals surface area contributed by atoms with Crippen LogP contribution in [0.1, 0.15) is 33.7 Å². The van der Waals surface area contributed by atoms with E-state index in [1.54, 1.807) is 47.6 Å². The van der Waals surface area contributed by atoms with Gasteiger partial charge in [0.2, 0.25) is 0 Å². The molecule has 0 atom stereocenters. The molecular weight excluding hydrogens is 455 g/mol. The van der Waals surface area contributed by atoms with Gasteiger partial charge in [-0.05, 0) is 54.7 Å². The Kier molecular flexibility index (Phi) is 6.02. The van der Waals surface area contributed by atoms with Crippen LogP contribution in [0.2, 0.25) is 0 Å². The van der Waals surface area contributed by atoms with Crippen molar-refractivity contribution in [2.24, 2.45) is 5.92 Å². The molecular formula is C25H23FN4O3S. The van der Waals surface area contributed by atoms with Gasteiger partial charge in [-0.2, -0.15) is 0 Å². The zero-order valence-electron chi connectivity index (χ0n) is 18.3. The maximum atomic E-state index is 13.8.